The highest BCUT2D eigenvalue weighted by Crippen LogP contribution is 2.26. The normalized spacial score (nSPS) is 11.1. The number of halogens is 1. The Kier molecular flexibility index (Phi) is 4.95. The topological polar surface area (TPSA) is 88.0 Å². The highest BCUT2D eigenvalue weighted by molar-refractivity contribution is 6.04. The molecule has 0 atom stereocenters. The van der Waals surface area contributed by atoms with Crippen molar-refractivity contribution >= 4 is 17.4 Å². The van der Waals surface area contributed by atoms with Crippen LogP contribution in [0.5, 0.6) is 0 Å². The fraction of sp³-hybridized carbons (Fsp3) is 0.0833. The summed E-state index contributed by atoms with van der Waals surface area (Å²) >= 11 is 0. The second-order valence-electron chi connectivity index (χ2n) is 7.33. The summed E-state index contributed by atoms with van der Waals surface area (Å²) in [5.41, 5.74) is 4.95. The van der Waals surface area contributed by atoms with Crippen molar-refractivity contribution in [1.82, 2.24) is 24.6 Å². The minimum atomic E-state index is -0.619. The van der Waals surface area contributed by atoms with Crippen LogP contribution in [0.1, 0.15) is 22.8 Å². The lowest BCUT2D eigenvalue weighted by molar-refractivity contribution is 0.102. The van der Waals surface area contributed by atoms with Gasteiger partial charge in [0.05, 0.1) is 23.7 Å². The standard InChI is InChI=1S/C24H19FN6O/c1-2-15-3-7-22(26-10-15)30-24(32)19-6-4-16(9-20(19)25)21-13-27-23-8-5-17(14-31(21)23)18-11-28-29-12-18/h3-14H,2H2,1H3,(H,28,29)(H,26,30,32). The molecule has 0 spiro atoms. The van der Waals surface area contributed by atoms with Gasteiger partial charge in [0.25, 0.3) is 5.91 Å². The number of carbonyl (C=O) groups is 1. The van der Waals surface area contributed by atoms with Gasteiger partial charge < -0.3 is 5.32 Å². The molecule has 5 rings (SSSR count). The smallest absolute Gasteiger partial charge is 0.259 e. The molecule has 1 amide bonds. The fourth-order valence-electron chi connectivity index (χ4n) is 3.52. The summed E-state index contributed by atoms with van der Waals surface area (Å²) in [6, 6.07) is 12.0. The van der Waals surface area contributed by atoms with E-state index in [4.69, 9.17) is 0 Å². The van der Waals surface area contributed by atoms with Crippen molar-refractivity contribution in [3.8, 4) is 22.4 Å². The third-order valence-electron chi connectivity index (χ3n) is 5.32. The average Bonchev–Trinajstić information content (AvgIpc) is 3.49. The van der Waals surface area contributed by atoms with E-state index in [9.17, 15) is 9.18 Å². The van der Waals surface area contributed by atoms with Crippen LogP contribution in [0.2, 0.25) is 0 Å². The molecule has 0 radical (unpaired) electrons. The summed E-state index contributed by atoms with van der Waals surface area (Å²) in [4.78, 5) is 21.2. The molecular weight excluding hydrogens is 407 g/mol. The summed E-state index contributed by atoms with van der Waals surface area (Å²) in [5.74, 6) is -0.790. The van der Waals surface area contributed by atoms with E-state index in [0.717, 1.165) is 28.8 Å². The molecule has 0 saturated carbocycles. The predicted molar refractivity (Wildman–Crippen MR) is 120 cm³/mol. The molecule has 4 heterocycles. The maximum atomic E-state index is 14.9. The molecule has 0 unspecified atom stereocenters. The minimum Gasteiger partial charge on any atom is -0.306 e. The Morgan fingerprint density at radius 3 is 2.62 bits per heavy atom. The number of carbonyl (C=O) groups excluding carboxylic acids is 1. The van der Waals surface area contributed by atoms with E-state index in [2.05, 4.69) is 25.5 Å². The van der Waals surface area contributed by atoms with Crippen molar-refractivity contribution < 1.29 is 9.18 Å². The number of aromatic amines is 1. The Morgan fingerprint density at radius 1 is 1.03 bits per heavy atom. The molecule has 7 nitrogen and oxygen atoms in total. The number of nitrogens with zero attached hydrogens (tertiary/aromatic N) is 4. The third-order valence-corrected chi connectivity index (χ3v) is 5.32. The van der Waals surface area contributed by atoms with E-state index in [-0.39, 0.29) is 5.56 Å². The average molecular weight is 426 g/mol. The van der Waals surface area contributed by atoms with Gasteiger partial charge in [-0.25, -0.2) is 14.4 Å². The van der Waals surface area contributed by atoms with Crippen LogP contribution in [0, 0.1) is 5.82 Å². The Hall–Kier alpha value is -4.33. The Labute approximate surface area is 183 Å². The summed E-state index contributed by atoms with van der Waals surface area (Å²) in [7, 11) is 0. The Bertz CT molecular complexity index is 1410. The summed E-state index contributed by atoms with van der Waals surface area (Å²) < 4.78 is 16.8. The number of anilines is 1. The third kappa shape index (κ3) is 3.62. The predicted octanol–water partition coefficient (Wildman–Crippen LogP) is 4.74. The van der Waals surface area contributed by atoms with Crippen LogP contribution >= 0.6 is 0 Å². The van der Waals surface area contributed by atoms with Crippen LogP contribution in [-0.4, -0.2) is 30.5 Å². The number of hydrogen-bond donors (Lipinski definition) is 2. The number of benzene rings is 1. The highest BCUT2D eigenvalue weighted by Gasteiger charge is 2.15. The molecule has 0 bridgehead atoms. The molecule has 4 aromatic heterocycles. The molecule has 32 heavy (non-hydrogen) atoms. The van der Waals surface area contributed by atoms with E-state index in [1.54, 1.807) is 36.9 Å². The van der Waals surface area contributed by atoms with Crippen LogP contribution in [-0.2, 0) is 6.42 Å². The lowest BCUT2D eigenvalue weighted by Crippen LogP contribution is -2.14. The lowest BCUT2D eigenvalue weighted by Gasteiger charge is -2.08. The zero-order valence-electron chi connectivity index (χ0n) is 17.2. The van der Waals surface area contributed by atoms with Crippen LogP contribution in [0.3, 0.4) is 0 Å². The molecule has 0 aliphatic rings. The molecule has 0 aliphatic heterocycles. The lowest BCUT2D eigenvalue weighted by atomic mass is 10.1. The first-order chi connectivity index (χ1) is 15.6. The number of amides is 1. The van der Waals surface area contributed by atoms with Crippen molar-refractivity contribution in [2.75, 3.05) is 5.32 Å². The molecule has 8 heteroatoms. The number of imidazole rings is 1. The molecule has 158 valence electrons. The monoisotopic (exact) mass is 426 g/mol. The number of hydrogen-bond acceptors (Lipinski definition) is 4. The maximum Gasteiger partial charge on any atom is 0.259 e. The van der Waals surface area contributed by atoms with Gasteiger partial charge in [-0.05, 0) is 42.3 Å². The molecule has 0 aliphatic carbocycles. The van der Waals surface area contributed by atoms with E-state index >= 15 is 0 Å². The van der Waals surface area contributed by atoms with E-state index in [0.29, 0.717) is 17.1 Å². The molecule has 0 fully saturated rings. The molecule has 5 aromatic rings. The fourth-order valence-corrected chi connectivity index (χ4v) is 3.52. The van der Waals surface area contributed by atoms with Crippen LogP contribution < -0.4 is 5.32 Å². The van der Waals surface area contributed by atoms with E-state index in [1.165, 1.54) is 12.1 Å². The molecule has 2 N–H and O–H groups in total. The van der Waals surface area contributed by atoms with Crippen molar-refractivity contribution in [2.24, 2.45) is 0 Å². The first-order valence-electron chi connectivity index (χ1n) is 10.1. The number of pyridine rings is 2. The largest absolute Gasteiger partial charge is 0.306 e. The molecule has 0 saturated heterocycles. The van der Waals surface area contributed by atoms with Crippen molar-refractivity contribution in [3.05, 3.63) is 90.4 Å². The SMILES string of the molecule is CCc1ccc(NC(=O)c2ccc(-c3cnc4ccc(-c5cn[nH]c5)cn34)cc2F)nc1. The number of aryl methyl sites for hydroxylation is 1. The zero-order valence-corrected chi connectivity index (χ0v) is 17.2. The highest BCUT2D eigenvalue weighted by atomic mass is 19.1. The number of fused-ring (bicyclic) bond motifs is 1. The van der Waals surface area contributed by atoms with Crippen LogP contribution in [0.4, 0.5) is 10.2 Å². The van der Waals surface area contributed by atoms with Gasteiger partial charge in [0, 0.05) is 35.3 Å². The second-order valence-corrected chi connectivity index (χ2v) is 7.33. The van der Waals surface area contributed by atoms with Crippen LogP contribution in [0.15, 0.2) is 73.4 Å². The van der Waals surface area contributed by atoms with Gasteiger partial charge >= 0.3 is 0 Å². The Morgan fingerprint density at radius 2 is 1.91 bits per heavy atom. The first kappa shape index (κ1) is 19.6. The quantitative estimate of drug-likeness (QED) is 0.425. The van der Waals surface area contributed by atoms with E-state index < -0.39 is 11.7 Å². The summed E-state index contributed by atoms with van der Waals surface area (Å²) in [5, 5.41) is 9.42. The van der Waals surface area contributed by atoms with E-state index in [1.807, 2.05) is 35.7 Å². The van der Waals surface area contributed by atoms with Gasteiger partial charge in [0.2, 0.25) is 0 Å². The number of rotatable bonds is 5. The van der Waals surface area contributed by atoms with Gasteiger partial charge in [0.15, 0.2) is 0 Å². The molecule has 1 aromatic carbocycles. The molecular formula is C24H19FN6O. The van der Waals surface area contributed by atoms with Gasteiger partial charge in [-0.3, -0.25) is 14.3 Å². The van der Waals surface area contributed by atoms with Gasteiger partial charge in [0.1, 0.15) is 17.3 Å². The second kappa shape index (κ2) is 8.07. The van der Waals surface area contributed by atoms with Gasteiger partial charge in [-0.1, -0.05) is 19.1 Å². The maximum absolute atomic E-state index is 14.9. The number of nitrogens with one attached hydrogen (secondary N) is 2. The summed E-state index contributed by atoms with van der Waals surface area (Å²) in [6.07, 6.45) is 9.68. The van der Waals surface area contributed by atoms with Gasteiger partial charge in [-0.2, -0.15) is 5.10 Å². The van der Waals surface area contributed by atoms with Crippen LogP contribution in [0.25, 0.3) is 28.0 Å². The van der Waals surface area contributed by atoms with Gasteiger partial charge in [-0.15, -0.1) is 0 Å². The van der Waals surface area contributed by atoms with Crippen molar-refractivity contribution in [3.63, 3.8) is 0 Å². The zero-order chi connectivity index (χ0) is 22.1. The van der Waals surface area contributed by atoms with Crippen molar-refractivity contribution in [1.29, 1.82) is 0 Å². The Balaban J connectivity index is 1.44. The number of aromatic nitrogens is 5. The van der Waals surface area contributed by atoms with Crippen molar-refractivity contribution in [2.45, 2.75) is 13.3 Å². The first-order valence-corrected chi connectivity index (χ1v) is 10.1. The summed E-state index contributed by atoms with van der Waals surface area (Å²) in [6.45, 7) is 2.02. The number of H-pyrrole nitrogens is 1. The minimum absolute atomic E-state index is 0.0528.